The number of benzene rings is 1. The third-order valence-electron chi connectivity index (χ3n) is 5.61. The first-order valence-corrected chi connectivity index (χ1v) is 11.0. The summed E-state index contributed by atoms with van der Waals surface area (Å²) in [6.07, 6.45) is 4.96. The molecule has 9 nitrogen and oxygen atoms in total. The summed E-state index contributed by atoms with van der Waals surface area (Å²) < 4.78 is 2.07. The minimum Gasteiger partial charge on any atom is -0.351 e. The molecule has 4 heterocycles. The summed E-state index contributed by atoms with van der Waals surface area (Å²) in [7, 11) is 0. The second-order valence-electron chi connectivity index (χ2n) is 7.58. The quantitative estimate of drug-likeness (QED) is 0.364. The molecule has 162 valence electrons. The summed E-state index contributed by atoms with van der Waals surface area (Å²) in [6, 6.07) is 11.9. The van der Waals surface area contributed by atoms with E-state index in [0.717, 1.165) is 34.2 Å². The number of anilines is 1. The van der Waals surface area contributed by atoms with Gasteiger partial charge >= 0.3 is 12.1 Å². The fourth-order valence-corrected chi connectivity index (χ4v) is 4.48. The number of nitrogens with two attached hydrogens (primary N) is 1. The number of imidazole rings is 1. The first-order valence-electron chi connectivity index (χ1n) is 10.2. The van der Waals surface area contributed by atoms with Crippen molar-refractivity contribution >= 4 is 44.6 Å². The fourth-order valence-electron chi connectivity index (χ4n) is 4.14. The van der Waals surface area contributed by atoms with Gasteiger partial charge in [-0.15, -0.1) is 0 Å². The Labute approximate surface area is 191 Å². The molecule has 4 aromatic rings. The number of aromatic nitrogens is 4. The van der Waals surface area contributed by atoms with E-state index in [4.69, 9.17) is 5.73 Å². The van der Waals surface area contributed by atoms with Crippen molar-refractivity contribution in [1.29, 1.82) is 0 Å². The molecule has 4 N–H and O–H groups in total. The molecular formula is C22H20BrN7O2. The highest BCUT2D eigenvalue weighted by Crippen LogP contribution is 2.33. The Hall–Kier alpha value is -3.66. The molecule has 1 aromatic carbocycles. The maximum absolute atomic E-state index is 13.2. The van der Waals surface area contributed by atoms with Crippen molar-refractivity contribution in [2.45, 2.75) is 18.9 Å². The average Bonchev–Trinajstić information content (AvgIpc) is 3.52. The van der Waals surface area contributed by atoms with Crippen LogP contribution in [-0.4, -0.2) is 43.0 Å². The zero-order valence-electron chi connectivity index (χ0n) is 17.0. The Morgan fingerprint density at radius 2 is 2.03 bits per heavy atom. The number of nitrogens with zero attached hydrogens (tertiary/aromatic N) is 4. The number of amides is 3. The Balaban J connectivity index is 1.39. The van der Waals surface area contributed by atoms with Gasteiger partial charge in [0, 0.05) is 18.1 Å². The number of aromatic amines is 1. The summed E-state index contributed by atoms with van der Waals surface area (Å²) >= 11 is 3.38. The van der Waals surface area contributed by atoms with Crippen molar-refractivity contribution in [3.05, 3.63) is 65.3 Å². The number of rotatable bonds is 3. The van der Waals surface area contributed by atoms with Gasteiger partial charge in [0.1, 0.15) is 10.4 Å². The fraction of sp³-hybridized carbons (Fsp3) is 0.182. The number of likely N-dealkylation sites (tertiary alicyclic amines) is 1. The summed E-state index contributed by atoms with van der Waals surface area (Å²) in [4.78, 5) is 39.0. The SMILES string of the molecule is NC(=O)n1cc(NC(=O)N2CCC[C@H]2c2ncc(-c3cccc(Br)n3)[nH]2)c2ccccc21. The number of pyridine rings is 1. The highest BCUT2D eigenvalue weighted by molar-refractivity contribution is 9.10. The Morgan fingerprint density at radius 1 is 1.19 bits per heavy atom. The van der Waals surface area contributed by atoms with Crippen molar-refractivity contribution in [1.82, 2.24) is 24.4 Å². The van der Waals surface area contributed by atoms with Gasteiger partial charge in [0.2, 0.25) is 0 Å². The molecule has 0 radical (unpaired) electrons. The number of nitrogens with one attached hydrogen (secondary N) is 2. The third-order valence-corrected chi connectivity index (χ3v) is 6.05. The highest BCUT2D eigenvalue weighted by Gasteiger charge is 2.32. The predicted molar refractivity (Wildman–Crippen MR) is 124 cm³/mol. The van der Waals surface area contributed by atoms with Gasteiger partial charge in [-0.25, -0.2) is 19.6 Å². The lowest BCUT2D eigenvalue weighted by atomic mass is 10.2. The van der Waals surface area contributed by atoms with Crippen LogP contribution in [0.4, 0.5) is 15.3 Å². The molecule has 1 saturated heterocycles. The van der Waals surface area contributed by atoms with E-state index in [9.17, 15) is 9.59 Å². The lowest BCUT2D eigenvalue weighted by Gasteiger charge is -2.23. The predicted octanol–water partition coefficient (Wildman–Crippen LogP) is 4.48. The molecule has 0 unspecified atom stereocenters. The summed E-state index contributed by atoms with van der Waals surface area (Å²) in [6.45, 7) is 0.607. The number of primary amides is 1. The lowest BCUT2D eigenvalue weighted by Crippen LogP contribution is -2.34. The Morgan fingerprint density at radius 3 is 2.84 bits per heavy atom. The number of hydrogen-bond donors (Lipinski definition) is 3. The zero-order valence-corrected chi connectivity index (χ0v) is 18.5. The Kier molecular flexibility index (Phi) is 5.14. The zero-order chi connectivity index (χ0) is 22.2. The van der Waals surface area contributed by atoms with Crippen LogP contribution in [-0.2, 0) is 0 Å². The van der Waals surface area contributed by atoms with Crippen LogP contribution in [0.1, 0.15) is 24.7 Å². The molecule has 1 fully saturated rings. The number of urea groups is 1. The molecule has 32 heavy (non-hydrogen) atoms. The van der Waals surface area contributed by atoms with Crippen LogP contribution >= 0.6 is 15.9 Å². The maximum Gasteiger partial charge on any atom is 0.323 e. The molecule has 3 amide bonds. The van der Waals surface area contributed by atoms with E-state index in [1.54, 1.807) is 23.4 Å². The largest absolute Gasteiger partial charge is 0.351 e. The van der Waals surface area contributed by atoms with Crippen LogP contribution in [0.2, 0.25) is 0 Å². The van der Waals surface area contributed by atoms with Crippen LogP contribution in [0.5, 0.6) is 0 Å². The number of halogens is 1. The molecule has 1 aliphatic rings. The van der Waals surface area contributed by atoms with Crippen LogP contribution in [0.15, 0.2) is 59.5 Å². The van der Waals surface area contributed by atoms with Gasteiger partial charge in [0.25, 0.3) is 0 Å². The van der Waals surface area contributed by atoms with Gasteiger partial charge in [0.05, 0.1) is 34.8 Å². The molecule has 0 aliphatic carbocycles. The van der Waals surface area contributed by atoms with E-state index in [-0.39, 0.29) is 12.1 Å². The van der Waals surface area contributed by atoms with Gasteiger partial charge < -0.3 is 20.9 Å². The van der Waals surface area contributed by atoms with Gasteiger partial charge in [-0.05, 0) is 47.0 Å². The van der Waals surface area contributed by atoms with Crippen molar-refractivity contribution in [2.24, 2.45) is 5.73 Å². The number of para-hydroxylation sites is 1. The first-order chi connectivity index (χ1) is 15.5. The third kappa shape index (κ3) is 3.62. The Bertz CT molecular complexity index is 1330. The van der Waals surface area contributed by atoms with Gasteiger partial charge in [-0.3, -0.25) is 4.57 Å². The normalized spacial score (nSPS) is 15.9. The van der Waals surface area contributed by atoms with Crippen molar-refractivity contribution in [2.75, 3.05) is 11.9 Å². The number of carbonyl (C=O) groups excluding carboxylic acids is 2. The average molecular weight is 494 g/mol. The van der Waals surface area contributed by atoms with E-state index < -0.39 is 6.03 Å². The molecule has 3 aromatic heterocycles. The number of fused-ring (bicyclic) bond motifs is 1. The van der Waals surface area contributed by atoms with E-state index in [0.29, 0.717) is 23.6 Å². The standard InChI is InChI=1S/C22H20BrN7O2/c23-19-9-3-6-14(26-19)15-11-25-20(27-15)18-8-4-10-29(18)22(32)28-16-12-30(21(24)31)17-7-2-1-5-13(16)17/h1-3,5-7,9,11-12,18H,4,8,10H2,(H2,24,31)(H,25,27)(H,28,32)/t18-/m0/s1. The highest BCUT2D eigenvalue weighted by atomic mass is 79.9. The van der Waals surface area contributed by atoms with E-state index >= 15 is 0 Å². The lowest BCUT2D eigenvalue weighted by molar-refractivity contribution is 0.205. The molecule has 10 heteroatoms. The summed E-state index contributed by atoms with van der Waals surface area (Å²) in [5.41, 5.74) is 8.22. The van der Waals surface area contributed by atoms with Crippen molar-refractivity contribution in [3.63, 3.8) is 0 Å². The second-order valence-corrected chi connectivity index (χ2v) is 8.39. The van der Waals surface area contributed by atoms with Gasteiger partial charge in [-0.2, -0.15) is 0 Å². The monoisotopic (exact) mass is 493 g/mol. The van der Waals surface area contributed by atoms with Gasteiger partial charge in [0.15, 0.2) is 0 Å². The summed E-state index contributed by atoms with van der Waals surface area (Å²) in [5, 5.41) is 3.69. The minimum atomic E-state index is -0.606. The van der Waals surface area contributed by atoms with Gasteiger partial charge in [-0.1, -0.05) is 24.3 Å². The molecule has 5 rings (SSSR count). The van der Waals surface area contributed by atoms with Crippen LogP contribution in [0, 0.1) is 0 Å². The van der Waals surface area contributed by atoms with Crippen LogP contribution in [0.3, 0.4) is 0 Å². The molecular weight excluding hydrogens is 474 g/mol. The first kappa shape index (κ1) is 20.3. The van der Waals surface area contributed by atoms with Crippen molar-refractivity contribution < 1.29 is 9.59 Å². The van der Waals surface area contributed by atoms with Crippen LogP contribution < -0.4 is 11.1 Å². The molecule has 1 aliphatic heterocycles. The molecule has 1 atom stereocenters. The number of H-pyrrole nitrogens is 1. The number of hydrogen-bond acceptors (Lipinski definition) is 4. The molecule has 0 saturated carbocycles. The van der Waals surface area contributed by atoms with Crippen molar-refractivity contribution in [3.8, 4) is 11.4 Å². The summed E-state index contributed by atoms with van der Waals surface area (Å²) in [5.74, 6) is 0.717. The minimum absolute atomic E-state index is 0.180. The smallest absolute Gasteiger partial charge is 0.323 e. The molecule has 0 spiro atoms. The topological polar surface area (TPSA) is 122 Å². The molecule has 0 bridgehead atoms. The van der Waals surface area contributed by atoms with E-state index in [2.05, 4.69) is 36.2 Å². The maximum atomic E-state index is 13.2. The second kappa shape index (κ2) is 8.12. The van der Waals surface area contributed by atoms with E-state index in [1.807, 2.05) is 36.4 Å². The van der Waals surface area contributed by atoms with E-state index in [1.165, 1.54) is 4.57 Å². The number of carbonyl (C=O) groups is 2. The van der Waals surface area contributed by atoms with Crippen LogP contribution in [0.25, 0.3) is 22.3 Å².